The summed E-state index contributed by atoms with van der Waals surface area (Å²) in [5.74, 6) is -0.0106. The molecule has 9 heteroatoms. The standard InChI is InChI=1S/C16H16F2N6O/c1-9(16(25)20-5-3-17)23-13-2-4-19-15(24-13)12-8-22-14-11(12)6-10(18)7-21-14/h2,4,6-9H,3,5H2,1H3,(H,20,25)(H,21,22)(H,19,23,24)/t9-/m1/s1. The Morgan fingerprint density at radius 2 is 2.24 bits per heavy atom. The number of alkyl halides is 1. The normalized spacial score (nSPS) is 12.1. The predicted octanol–water partition coefficient (Wildman–Crippen LogP) is 2.05. The van der Waals surface area contributed by atoms with E-state index in [0.29, 0.717) is 28.2 Å². The molecule has 0 saturated heterocycles. The van der Waals surface area contributed by atoms with Gasteiger partial charge in [-0.15, -0.1) is 0 Å². The second-order valence-corrected chi connectivity index (χ2v) is 5.36. The molecule has 0 aliphatic rings. The summed E-state index contributed by atoms with van der Waals surface area (Å²) < 4.78 is 25.6. The summed E-state index contributed by atoms with van der Waals surface area (Å²) in [5, 5.41) is 5.94. The molecule has 25 heavy (non-hydrogen) atoms. The van der Waals surface area contributed by atoms with E-state index in [1.807, 2.05) is 0 Å². The van der Waals surface area contributed by atoms with Crippen molar-refractivity contribution in [2.45, 2.75) is 13.0 Å². The van der Waals surface area contributed by atoms with Gasteiger partial charge in [-0.25, -0.2) is 23.7 Å². The molecular formula is C16H16F2N6O. The van der Waals surface area contributed by atoms with E-state index in [1.165, 1.54) is 12.3 Å². The largest absolute Gasteiger partial charge is 0.359 e. The molecule has 0 aromatic carbocycles. The Morgan fingerprint density at radius 1 is 1.40 bits per heavy atom. The Hall–Kier alpha value is -3.10. The topological polar surface area (TPSA) is 95.6 Å². The van der Waals surface area contributed by atoms with E-state index in [9.17, 15) is 13.6 Å². The van der Waals surface area contributed by atoms with E-state index in [1.54, 1.807) is 19.2 Å². The number of pyridine rings is 1. The smallest absolute Gasteiger partial charge is 0.242 e. The fourth-order valence-electron chi connectivity index (χ4n) is 2.34. The van der Waals surface area contributed by atoms with Crippen LogP contribution < -0.4 is 10.6 Å². The molecule has 3 heterocycles. The number of hydrogen-bond acceptors (Lipinski definition) is 5. The maximum atomic E-state index is 13.5. The van der Waals surface area contributed by atoms with Crippen molar-refractivity contribution >= 4 is 22.8 Å². The second kappa shape index (κ2) is 7.20. The van der Waals surface area contributed by atoms with Gasteiger partial charge in [0.25, 0.3) is 0 Å². The number of halogens is 2. The van der Waals surface area contributed by atoms with Crippen molar-refractivity contribution in [3.05, 3.63) is 36.5 Å². The summed E-state index contributed by atoms with van der Waals surface area (Å²) in [5.41, 5.74) is 1.12. The molecular weight excluding hydrogens is 330 g/mol. The number of carbonyl (C=O) groups excluding carboxylic acids is 1. The highest BCUT2D eigenvalue weighted by molar-refractivity contribution is 5.91. The van der Waals surface area contributed by atoms with Gasteiger partial charge in [-0.1, -0.05) is 0 Å². The average molecular weight is 346 g/mol. The molecule has 0 bridgehead atoms. The molecule has 0 aliphatic heterocycles. The third-order valence-corrected chi connectivity index (χ3v) is 3.55. The lowest BCUT2D eigenvalue weighted by atomic mass is 10.2. The first-order chi connectivity index (χ1) is 12.1. The molecule has 1 amide bonds. The summed E-state index contributed by atoms with van der Waals surface area (Å²) in [7, 11) is 0. The third kappa shape index (κ3) is 3.70. The van der Waals surface area contributed by atoms with Crippen molar-refractivity contribution in [1.29, 1.82) is 0 Å². The number of nitrogens with one attached hydrogen (secondary N) is 3. The van der Waals surface area contributed by atoms with Gasteiger partial charge in [0.2, 0.25) is 5.91 Å². The van der Waals surface area contributed by atoms with Gasteiger partial charge in [0, 0.05) is 29.9 Å². The van der Waals surface area contributed by atoms with Crippen LogP contribution in [-0.2, 0) is 4.79 Å². The summed E-state index contributed by atoms with van der Waals surface area (Å²) in [6.45, 7) is 0.982. The number of nitrogens with zero attached hydrogens (tertiary/aromatic N) is 3. The van der Waals surface area contributed by atoms with E-state index < -0.39 is 18.5 Å². The highest BCUT2D eigenvalue weighted by atomic mass is 19.1. The van der Waals surface area contributed by atoms with E-state index >= 15 is 0 Å². The molecule has 0 radical (unpaired) electrons. The first-order valence-corrected chi connectivity index (χ1v) is 7.64. The van der Waals surface area contributed by atoms with Gasteiger partial charge in [0.1, 0.15) is 30.0 Å². The summed E-state index contributed by atoms with van der Waals surface area (Å²) in [4.78, 5) is 27.2. The number of carbonyl (C=O) groups is 1. The minimum absolute atomic E-state index is 0.0339. The number of H-pyrrole nitrogens is 1. The van der Waals surface area contributed by atoms with Crippen LogP contribution in [0.15, 0.2) is 30.7 Å². The van der Waals surface area contributed by atoms with Crippen LogP contribution >= 0.6 is 0 Å². The second-order valence-electron chi connectivity index (χ2n) is 5.36. The van der Waals surface area contributed by atoms with Gasteiger partial charge in [-0.05, 0) is 19.1 Å². The summed E-state index contributed by atoms with van der Waals surface area (Å²) in [6.07, 6.45) is 4.30. The quantitative estimate of drug-likeness (QED) is 0.635. The number of rotatable bonds is 6. The highest BCUT2D eigenvalue weighted by Gasteiger charge is 2.15. The van der Waals surface area contributed by atoms with Gasteiger partial charge in [-0.3, -0.25) is 4.79 Å². The third-order valence-electron chi connectivity index (χ3n) is 3.55. The lowest BCUT2D eigenvalue weighted by Gasteiger charge is -2.14. The monoisotopic (exact) mass is 346 g/mol. The Kier molecular flexibility index (Phi) is 4.82. The van der Waals surface area contributed by atoms with Crippen LogP contribution in [0.2, 0.25) is 0 Å². The minimum atomic E-state index is -0.624. The van der Waals surface area contributed by atoms with Crippen LogP contribution in [0.25, 0.3) is 22.4 Å². The van der Waals surface area contributed by atoms with E-state index in [-0.39, 0.29) is 12.5 Å². The number of hydrogen-bond donors (Lipinski definition) is 3. The van der Waals surface area contributed by atoms with Crippen molar-refractivity contribution in [2.24, 2.45) is 0 Å². The number of amides is 1. The molecule has 0 saturated carbocycles. The van der Waals surface area contributed by atoms with Crippen LogP contribution in [0.1, 0.15) is 6.92 Å². The van der Waals surface area contributed by atoms with Gasteiger partial charge in [0.15, 0.2) is 5.82 Å². The zero-order chi connectivity index (χ0) is 17.8. The number of fused-ring (bicyclic) bond motifs is 1. The van der Waals surface area contributed by atoms with Crippen molar-refractivity contribution in [2.75, 3.05) is 18.5 Å². The van der Waals surface area contributed by atoms with Gasteiger partial charge >= 0.3 is 0 Å². The lowest BCUT2D eigenvalue weighted by Crippen LogP contribution is -2.38. The Labute approximate surface area is 141 Å². The lowest BCUT2D eigenvalue weighted by molar-refractivity contribution is -0.121. The number of aromatic amines is 1. The van der Waals surface area contributed by atoms with Crippen LogP contribution in [0, 0.1) is 5.82 Å². The zero-order valence-corrected chi connectivity index (χ0v) is 13.4. The Morgan fingerprint density at radius 3 is 3.04 bits per heavy atom. The van der Waals surface area contributed by atoms with E-state index in [0.717, 1.165) is 6.20 Å². The van der Waals surface area contributed by atoms with Crippen LogP contribution in [-0.4, -0.2) is 45.1 Å². The van der Waals surface area contributed by atoms with Crippen molar-refractivity contribution in [3.8, 4) is 11.4 Å². The fourth-order valence-corrected chi connectivity index (χ4v) is 2.34. The molecule has 3 rings (SSSR count). The molecule has 3 N–H and O–H groups in total. The maximum Gasteiger partial charge on any atom is 0.242 e. The van der Waals surface area contributed by atoms with Crippen molar-refractivity contribution in [1.82, 2.24) is 25.3 Å². The van der Waals surface area contributed by atoms with Crippen LogP contribution in [0.4, 0.5) is 14.6 Å². The van der Waals surface area contributed by atoms with Crippen molar-refractivity contribution in [3.63, 3.8) is 0 Å². The van der Waals surface area contributed by atoms with E-state index in [2.05, 4.69) is 30.6 Å². The summed E-state index contributed by atoms with van der Waals surface area (Å²) in [6, 6.07) is 2.36. The molecule has 3 aromatic heterocycles. The Balaban J connectivity index is 1.83. The van der Waals surface area contributed by atoms with Gasteiger partial charge in [-0.2, -0.15) is 0 Å². The average Bonchev–Trinajstić information content (AvgIpc) is 3.02. The SMILES string of the molecule is C[C@@H](Nc1ccnc(-c2c[nH]c3ncc(F)cc23)n1)C(=O)NCCF. The minimum Gasteiger partial charge on any atom is -0.359 e. The molecule has 130 valence electrons. The molecule has 0 unspecified atom stereocenters. The van der Waals surface area contributed by atoms with Gasteiger partial charge < -0.3 is 15.6 Å². The molecule has 0 fully saturated rings. The number of aromatic nitrogens is 4. The predicted molar refractivity (Wildman–Crippen MR) is 89.1 cm³/mol. The molecule has 7 nitrogen and oxygen atoms in total. The molecule has 1 atom stereocenters. The molecule has 0 spiro atoms. The highest BCUT2D eigenvalue weighted by Crippen LogP contribution is 2.26. The first-order valence-electron chi connectivity index (χ1n) is 7.64. The van der Waals surface area contributed by atoms with Crippen LogP contribution in [0.3, 0.4) is 0 Å². The van der Waals surface area contributed by atoms with Crippen molar-refractivity contribution < 1.29 is 13.6 Å². The molecule has 3 aromatic rings. The fraction of sp³-hybridized carbons (Fsp3) is 0.250. The Bertz CT molecular complexity index is 897. The summed E-state index contributed by atoms with van der Waals surface area (Å²) >= 11 is 0. The van der Waals surface area contributed by atoms with Gasteiger partial charge in [0.05, 0.1) is 6.20 Å². The zero-order valence-electron chi connectivity index (χ0n) is 13.4. The maximum absolute atomic E-state index is 13.5. The first kappa shape index (κ1) is 16.7. The molecule has 0 aliphatic carbocycles. The number of anilines is 1. The van der Waals surface area contributed by atoms with Crippen LogP contribution in [0.5, 0.6) is 0 Å². The van der Waals surface area contributed by atoms with E-state index in [4.69, 9.17) is 0 Å².